The Morgan fingerprint density at radius 1 is 0.966 bits per heavy atom. The highest BCUT2D eigenvalue weighted by atomic mass is 16.5. The number of para-hydroxylation sites is 1. The van der Waals surface area contributed by atoms with Crippen LogP contribution < -0.4 is 20.7 Å². The summed E-state index contributed by atoms with van der Waals surface area (Å²) in [5.41, 5.74) is 2.18. The van der Waals surface area contributed by atoms with Crippen LogP contribution in [0.5, 0.6) is 5.75 Å². The standard InChI is InChI=1S/C21H23N5O3/c1-14(2)22-21(28)24-16-11-9-15(10-12-16)23-20(27)19-18(29-3)13-26(25-19)17-7-5-4-6-8-17/h4-14H,1-3H3,(H,23,27)(H2,22,24,28). The Hall–Kier alpha value is -3.81. The van der Waals surface area contributed by atoms with Gasteiger partial charge in [0.15, 0.2) is 11.4 Å². The van der Waals surface area contributed by atoms with Gasteiger partial charge in [-0.2, -0.15) is 5.10 Å². The number of carbonyl (C=O) groups is 2. The Morgan fingerprint density at radius 3 is 2.17 bits per heavy atom. The lowest BCUT2D eigenvalue weighted by atomic mass is 10.2. The first kappa shape index (κ1) is 19.9. The van der Waals surface area contributed by atoms with Crippen molar-refractivity contribution in [3.63, 3.8) is 0 Å². The van der Waals surface area contributed by atoms with Crippen molar-refractivity contribution in [2.75, 3.05) is 17.7 Å². The monoisotopic (exact) mass is 393 g/mol. The summed E-state index contributed by atoms with van der Waals surface area (Å²) in [6, 6.07) is 16.0. The molecule has 8 heteroatoms. The topological polar surface area (TPSA) is 97.3 Å². The molecule has 3 N–H and O–H groups in total. The first-order chi connectivity index (χ1) is 14.0. The van der Waals surface area contributed by atoms with E-state index in [1.165, 1.54) is 7.11 Å². The van der Waals surface area contributed by atoms with Gasteiger partial charge in [-0.25, -0.2) is 9.48 Å². The van der Waals surface area contributed by atoms with Crippen molar-refractivity contribution in [1.82, 2.24) is 15.1 Å². The number of ether oxygens (including phenoxy) is 1. The third-order valence-electron chi connectivity index (χ3n) is 3.96. The van der Waals surface area contributed by atoms with Crippen molar-refractivity contribution < 1.29 is 14.3 Å². The van der Waals surface area contributed by atoms with E-state index >= 15 is 0 Å². The normalized spacial score (nSPS) is 10.5. The lowest BCUT2D eigenvalue weighted by molar-refractivity contribution is 0.101. The van der Waals surface area contributed by atoms with Crippen LogP contribution in [0.1, 0.15) is 24.3 Å². The lowest BCUT2D eigenvalue weighted by Crippen LogP contribution is -2.34. The summed E-state index contributed by atoms with van der Waals surface area (Å²) in [5.74, 6) is -0.0233. The molecular formula is C21H23N5O3. The average Bonchev–Trinajstić information content (AvgIpc) is 3.14. The minimum Gasteiger partial charge on any atom is -0.493 e. The molecule has 1 heterocycles. The molecule has 0 unspecified atom stereocenters. The van der Waals surface area contributed by atoms with E-state index in [1.54, 1.807) is 35.1 Å². The van der Waals surface area contributed by atoms with E-state index in [0.29, 0.717) is 17.1 Å². The predicted molar refractivity (Wildman–Crippen MR) is 112 cm³/mol. The van der Waals surface area contributed by atoms with Crippen LogP contribution in [0, 0.1) is 0 Å². The maximum atomic E-state index is 12.7. The Bertz CT molecular complexity index is 981. The van der Waals surface area contributed by atoms with Crippen molar-refractivity contribution in [2.45, 2.75) is 19.9 Å². The van der Waals surface area contributed by atoms with Crippen LogP contribution in [0.3, 0.4) is 0 Å². The number of aromatic nitrogens is 2. The van der Waals surface area contributed by atoms with Gasteiger partial charge in [0.1, 0.15) is 0 Å². The number of urea groups is 1. The van der Waals surface area contributed by atoms with E-state index in [9.17, 15) is 9.59 Å². The zero-order chi connectivity index (χ0) is 20.8. The number of methoxy groups -OCH3 is 1. The summed E-state index contributed by atoms with van der Waals surface area (Å²) < 4.78 is 6.89. The van der Waals surface area contributed by atoms with Gasteiger partial charge >= 0.3 is 6.03 Å². The Labute approximate surface area is 168 Å². The molecule has 1 aromatic heterocycles. The van der Waals surface area contributed by atoms with Gasteiger partial charge < -0.3 is 20.7 Å². The van der Waals surface area contributed by atoms with Crippen LogP contribution in [-0.4, -0.2) is 34.9 Å². The molecule has 3 amide bonds. The predicted octanol–water partition coefficient (Wildman–Crippen LogP) is 3.66. The van der Waals surface area contributed by atoms with Crippen LogP contribution in [0.4, 0.5) is 16.2 Å². The van der Waals surface area contributed by atoms with Crippen molar-refractivity contribution in [2.24, 2.45) is 0 Å². The number of hydrogen-bond donors (Lipinski definition) is 3. The minimum absolute atomic E-state index is 0.0410. The third kappa shape index (κ3) is 5.13. The number of benzene rings is 2. The molecule has 29 heavy (non-hydrogen) atoms. The van der Waals surface area contributed by atoms with Gasteiger partial charge in [0.05, 0.1) is 19.0 Å². The maximum absolute atomic E-state index is 12.7. The summed E-state index contributed by atoms with van der Waals surface area (Å²) in [4.78, 5) is 24.4. The molecule has 0 saturated carbocycles. The van der Waals surface area contributed by atoms with E-state index in [1.807, 2.05) is 44.2 Å². The molecule has 0 radical (unpaired) electrons. The molecule has 3 rings (SSSR count). The molecule has 0 fully saturated rings. The second-order valence-corrected chi connectivity index (χ2v) is 6.61. The summed E-state index contributed by atoms with van der Waals surface area (Å²) >= 11 is 0. The molecule has 3 aromatic rings. The van der Waals surface area contributed by atoms with Gasteiger partial charge in [-0.15, -0.1) is 0 Å². The van der Waals surface area contributed by atoms with Gasteiger partial charge in [0.25, 0.3) is 5.91 Å². The fourth-order valence-electron chi connectivity index (χ4n) is 2.63. The third-order valence-corrected chi connectivity index (χ3v) is 3.96. The summed E-state index contributed by atoms with van der Waals surface area (Å²) in [6.45, 7) is 3.76. The average molecular weight is 393 g/mol. The molecular weight excluding hydrogens is 370 g/mol. The molecule has 0 saturated heterocycles. The largest absolute Gasteiger partial charge is 0.493 e. The molecule has 150 valence electrons. The highest BCUT2D eigenvalue weighted by molar-refractivity contribution is 6.04. The fraction of sp³-hybridized carbons (Fsp3) is 0.190. The fourth-order valence-corrected chi connectivity index (χ4v) is 2.63. The zero-order valence-corrected chi connectivity index (χ0v) is 16.5. The van der Waals surface area contributed by atoms with Gasteiger partial charge in [0, 0.05) is 17.4 Å². The maximum Gasteiger partial charge on any atom is 0.319 e. The lowest BCUT2D eigenvalue weighted by Gasteiger charge is -2.10. The smallest absolute Gasteiger partial charge is 0.319 e. The van der Waals surface area contributed by atoms with Crippen LogP contribution in [0.15, 0.2) is 60.8 Å². The first-order valence-corrected chi connectivity index (χ1v) is 9.14. The quantitative estimate of drug-likeness (QED) is 0.595. The number of anilines is 2. The Morgan fingerprint density at radius 2 is 1.59 bits per heavy atom. The summed E-state index contributed by atoms with van der Waals surface area (Å²) in [7, 11) is 1.49. The van der Waals surface area contributed by atoms with E-state index in [-0.39, 0.29) is 17.8 Å². The minimum atomic E-state index is -0.394. The van der Waals surface area contributed by atoms with E-state index in [2.05, 4.69) is 21.0 Å². The SMILES string of the molecule is COc1cn(-c2ccccc2)nc1C(=O)Nc1ccc(NC(=O)NC(C)C)cc1. The molecule has 2 aromatic carbocycles. The molecule has 0 aliphatic heterocycles. The molecule has 0 bridgehead atoms. The number of nitrogens with one attached hydrogen (secondary N) is 3. The van der Waals surface area contributed by atoms with Gasteiger partial charge in [0.2, 0.25) is 0 Å². The van der Waals surface area contributed by atoms with Gasteiger partial charge in [-0.1, -0.05) is 18.2 Å². The van der Waals surface area contributed by atoms with Crippen molar-refractivity contribution in [3.8, 4) is 11.4 Å². The van der Waals surface area contributed by atoms with Crippen LogP contribution in [0.25, 0.3) is 5.69 Å². The first-order valence-electron chi connectivity index (χ1n) is 9.14. The molecule has 0 atom stereocenters. The van der Waals surface area contributed by atoms with E-state index in [0.717, 1.165) is 5.69 Å². The van der Waals surface area contributed by atoms with E-state index in [4.69, 9.17) is 4.74 Å². The van der Waals surface area contributed by atoms with Gasteiger partial charge in [-0.3, -0.25) is 4.79 Å². The second kappa shape index (κ2) is 8.92. The highest BCUT2D eigenvalue weighted by Gasteiger charge is 2.18. The Kier molecular flexibility index (Phi) is 6.13. The van der Waals surface area contributed by atoms with Gasteiger partial charge in [-0.05, 0) is 50.2 Å². The molecule has 8 nitrogen and oxygen atoms in total. The van der Waals surface area contributed by atoms with Crippen LogP contribution in [-0.2, 0) is 0 Å². The number of carbonyl (C=O) groups excluding carboxylic acids is 2. The summed E-state index contributed by atoms with van der Waals surface area (Å²) in [5, 5.41) is 12.6. The second-order valence-electron chi connectivity index (χ2n) is 6.61. The number of amides is 3. The summed E-state index contributed by atoms with van der Waals surface area (Å²) in [6.07, 6.45) is 1.66. The number of rotatable bonds is 6. The Balaban J connectivity index is 1.70. The van der Waals surface area contributed by atoms with Crippen molar-refractivity contribution in [3.05, 3.63) is 66.5 Å². The van der Waals surface area contributed by atoms with Crippen LogP contribution in [0.2, 0.25) is 0 Å². The molecule has 0 aliphatic rings. The molecule has 0 aliphatic carbocycles. The van der Waals surface area contributed by atoms with E-state index < -0.39 is 5.91 Å². The molecule has 0 spiro atoms. The van der Waals surface area contributed by atoms with Crippen LogP contribution >= 0.6 is 0 Å². The number of hydrogen-bond acceptors (Lipinski definition) is 4. The number of nitrogens with zero attached hydrogens (tertiary/aromatic N) is 2. The zero-order valence-electron chi connectivity index (χ0n) is 16.5. The highest BCUT2D eigenvalue weighted by Crippen LogP contribution is 2.21. The van der Waals surface area contributed by atoms with Crippen molar-refractivity contribution >= 4 is 23.3 Å². The van der Waals surface area contributed by atoms with Crippen molar-refractivity contribution in [1.29, 1.82) is 0 Å².